The first-order chi connectivity index (χ1) is 9.43. The van der Waals surface area contributed by atoms with Crippen molar-refractivity contribution in [3.8, 4) is 0 Å². The summed E-state index contributed by atoms with van der Waals surface area (Å²) in [4.78, 5) is 26.2. The molecule has 0 unspecified atom stereocenters. The number of aliphatic carboxylic acids is 1. The molecule has 2 rings (SSSR count). The Morgan fingerprint density at radius 1 is 1.50 bits per heavy atom. The van der Waals surface area contributed by atoms with Gasteiger partial charge in [-0.05, 0) is 19.9 Å². The molecule has 2 aromatic rings. The second-order valence-corrected chi connectivity index (χ2v) is 5.60. The average Bonchev–Trinajstić information content (AvgIpc) is 2.92. The zero-order valence-corrected chi connectivity index (χ0v) is 12.5. The number of rotatable bonds is 5. The SMILES string of the molecule is CCN(CCC(=O)O)C(=O)c1cc2c(C)nn(C)c2s1. The lowest BCUT2D eigenvalue weighted by molar-refractivity contribution is -0.137. The highest BCUT2D eigenvalue weighted by molar-refractivity contribution is 7.20. The highest BCUT2D eigenvalue weighted by Gasteiger charge is 2.19. The second-order valence-electron chi connectivity index (χ2n) is 4.57. The van der Waals surface area contributed by atoms with Crippen molar-refractivity contribution < 1.29 is 14.7 Å². The minimum absolute atomic E-state index is 0.0366. The van der Waals surface area contributed by atoms with E-state index in [4.69, 9.17) is 5.11 Å². The summed E-state index contributed by atoms with van der Waals surface area (Å²) in [5.74, 6) is -1.01. The van der Waals surface area contributed by atoms with E-state index in [0.717, 1.165) is 15.9 Å². The van der Waals surface area contributed by atoms with Gasteiger partial charge in [-0.25, -0.2) is 0 Å². The second kappa shape index (κ2) is 5.62. The average molecular weight is 295 g/mol. The van der Waals surface area contributed by atoms with E-state index in [2.05, 4.69) is 5.10 Å². The van der Waals surface area contributed by atoms with Crippen molar-refractivity contribution in [2.45, 2.75) is 20.3 Å². The third-order valence-electron chi connectivity index (χ3n) is 3.17. The van der Waals surface area contributed by atoms with Crippen LogP contribution in [0.4, 0.5) is 0 Å². The van der Waals surface area contributed by atoms with Gasteiger partial charge in [-0.1, -0.05) is 0 Å². The number of amides is 1. The van der Waals surface area contributed by atoms with Crippen molar-refractivity contribution in [3.63, 3.8) is 0 Å². The van der Waals surface area contributed by atoms with Crippen molar-refractivity contribution in [1.29, 1.82) is 0 Å². The Kier molecular flexibility index (Phi) is 4.08. The summed E-state index contributed by atoms with van der Waals surface area (Å²) < 4.78 is 1.76. The lowest BCUT2D eigenvalue weighted by Gasteiger charge is -2.18. The van der Waals surface area contributed by atoms with Crippen LogP contribution in [0.5, 0.6) is 0 Å². The summed E-state index contributed by atoms with van der Waals surface area (Å²) in [6.07, 6.45) is -0.0366. The number of hydrogen-bond donors (Lipinski definition) is 1. The monoisotopic (exact) mass is 295 g/mol. The van der Waals surface area contributed by atoms with Crippen molar-refractivity contribution in [2.24, 2.45) is 7.05 Å². The third kappa shape index (κ3) is 2.67. The summed E-state index contributed by atoms with van der Waals surface area (Å²) in [6.45, 7) is 4.49. The molecule has 0 radical (unpaired) electrons. The van der Waals surface area contributed by atoms with E-state index in [1.54, 1.807) is 9.58 Å². The van der Waals surface area contributed by atoms with E-state index >= 15 is 0 Å². The van der Waals surface area contributed by atoms with Crippen LogP contribution < -0.4 is 0 Å². The Hall–Kier alpha value is -1.89. The Labute approximate surface area is 120 Å². The summed E-state index contributed by atoms with van der Waals surface area (Å²) in [6, 6.07) is 1.84. The highest BCUT2D eigenvalue weighted by Crippen LogP contribution is 2.28. The molecule has 1 N–H and O–H groups in total. The summed E-state index contributed by atoms with van der Waals surface area (Å²) in [7, 11) is 1.85. The number of aromatic nitrogens is 2. The molecule has 2 heterocycles. The van der Waals surface area contributed by atoms with Crippen LogP contribution in [0.25, 0.3) is 10.2 Å². The molecule has 0 atom stereocenters. The van der Waals surface area contributed by atoms with Gasteiger partial charge >= 0.3 is 5.97 Å². The van der Waals surface area contributed by atoms with Gasteiger partial charge in [-0.15, -0.1) is 11.3 Å². The number of carbonyl (C=O) groups excluding carboxylic acids is 1. The van der Waals surface area contributed by atoms with Gasteiger partial charge in [0, 0.05) is 25.5 Å². The molecule has 0 aliphatic rings. The van der Waals surface area contributed by atoms with Crippen LogP contribution in [0, 0.1) is 6.92 Å². The lowest BCUT2D eigenvalue weighted by Crippen LogP contribution is -2.32. The smallest absolute Gasteiger partial charge is 0.305 e. The number of carboxylic acids is 1. The summed E-state index contributed by atoms with van der Waals surface area (Å²) in [5.41, 5.74) is 0.895. The topological polar surface area (TPSA) is 75.4 Å². The van der Waals surface area contributed by atoms with Gasteiger partial charge in [0.25, 0.3) is 5.91 Å². The van der Waals surface area contributed by atoms with E-state index in [9.17, 15) is 9.59 Å². The standard InChI is InChI=1S/C13H17N3O3S/c1-4-16(6-5-11(17)18)12(19)10-7-9-8(2)14-15(3)13(9)20-10/h7H,4-6H2,1-3H3,(H,17,18). The molecule has 2 aromatic heterocycles. The summed E-state index contributed by atoms with van der Waals surface area (Å²) in [5, 5.41) is 14.0. The van der Waals surface area contributed by atoms with Crippen LogP contribution in [0.2, 0.25) is 0 Å². The Bertz CT molecular complexity index is 625. The molecule has 1 amide bonds. The quantitative estimate of drug-likeness (QED) is 0.914. The molecule has 7 heteroatoms. The fraction of sp³-hybridized carbons (Fsp3) is 0.462. The van der Waals surface area contributed by atoms with Crippen LogP contribution in [0.15, 0.2) is 6.07 Å². The van der Waals surface area contributed by atoms with E-state index in [1.807, 2.05) is 27.0 Å². The predicted molar refractivity (Wildman–Crippen MR) is 77.2 cm³/mol. The Morgan fingerprint density at radius 2 is 2.20 bits per heavy atom. The van der Waals surface area contributed by atoms with Gasteiger partial charge in [0.1, 0.15) is 4.83 Å². The number of fused-ring (bicyclic) bond motifs is 1. The highest BCUT2D eigenvalue weighted by atomic mass is 32.1. The molecule has 20 heavy (non-hydrogen) atoms. The van der Waals surface area contributed by atoms with Crippen molar-refractivity contribution in [2.75, 3.05) is 13.1 Å². The maximum absolute atomic E-state index is 12.4. The molecule has 108 valence electrons. The number of thiophene rings is 1. The first kappa shape index (κ1) is 14.5. The Balaban J connectivity index is 2.25. The maximum Gasteiger partial charge on any atom is 0.305 e. The minimum Gasteiger partial charge on any atom is -0.481 e. The van der Waals surface area contributed by atoms with Gasteiger partial charge in [0.15, 0.2) is 0 Å². The predicted octanol–water partition coefficient (Wildman–Crippen LogP) is 1.88. The molecule has 0 spiro atoms. The van der Waals surface area contributed by atoms with Gasteiger partial charge < -0.3 is 10.0 Å². The number of carbonyl (C=O) groups is 2. The molecule has 0 aliphatic carbocycles. The molecule has 0 bridgehead atoms. The molecule has 0 fully saturated rings. The van der Waals surface area contributed by atoms with Crippen LogP contribution in [0.3, 0.4) is 0 Å². The molecule has 0 aliphatic heterocycles. The number of hydrogen-bond acceptors (Lipinski definition) is 4. The molecule has 0 aromatic carbocycles. The van der Waals surface area contributed by atoms with E-state index in [-0.39, 0.29) is 18.9 Å². The van der Waals surface area contributed by atoms with E-state index in [1.165, 1.54) is 11.3 Å². The molecule has 0 saturated heterocycles. The normalized spacial score (nSPS) is 10.9. The Morgan fingerprint density at radius 3 is 2.75 bits per heavy atom. The molecular weight excluding hydrogens is 278 g/mol. The van der Waals surface area contributed by atoms with Gasteiger partial charge in [-0.2, -0.15) is 5.10 Å². The van der Waals surface area contributed by atoms with Crippen molar-refractivity contribution >= 4 is 33.4 Å². The van der Waals surface area contributed by atoms with Crippen LogP contribution in [-0.2, 0) is 11.8 Å². The maximum atomic E-state index is 12.4. The molecule has 0 saturated carbocycles. The van der Waals surface area contributed by atoms with Gasteiger partial charge in [0.2, 0.25) is 0 Å². The number of nitrogens with zero attached hydrogens (tertiary/aromatic N) is 3. The van der Waals surface area contributed by atoms with Crippen LogP contribution >= 0.6 is 11.3 Å². The van der Waals surface area contributed by atoms with Gasteiger partial charge in [-0.3, -0.25) is 14.3 Å². The fourth-order valence-electron chi connectivity index (χ4n) is 2.10. The molecular formula is C13H17N3O3S. The van der Waals surface area contributed by atoms with Crippen LogP contribution in [-0.4, -0.2) is 44.8 Å². The van der Waals surface area contributed by atoms with Crippen molar-refractivity contribution in [3.05, 3.63) is 16.6 Å². The first-order valence-electron chi connectivity index (χ1n) is 6.38. The molecule has 6 nitrogen and oxygen atoms in total. The number of aryl methyl sites for hydroxylation is 2. The zero-order chi connectivity index (χ0) is 14.9. The number of carboxylic acid groups (broad SMARTS) is 1. The lowest BCUT2D eigenvalue weighted by atomic mass is 10.3. The van der Waals surface area contributed by atoms with Gasteiger partial charge in [0.05, 0.1) is 17.0 Å². The third-order valence-corrected chi connectivity index (χ3v) is 4.36. The first-order valence-corrected chi connectivity index (χ1v) is 7.20. The summed E-state index contributed by atoms with van der Waals surface area (Å²) >= 11 is 1.39. The van der Waals surface area contributed by atoms with E-state index in [0.29, 0.717) is 11.4 Å². The minimum atomic E-state index is -0.896. The fourth-order valence-corrected chi connectivity index (χ4v) is 3.19. The van der Waals surface area contributed by atoms with E-state index < -0.39 is 5.97 Å². The largest absolute Gasteiger partial charge is 0.481 e. The zero-order valence-electron chi connectivity index (χ0n) is 11.7. The van der Waals surface area contributed by atoms with Crippen LogP contribution in [0.1, 0.15) is 28.7 Å². The van der Waals surface area contributed by atoms with Crippen molar-refractivity contribution in [1.82, 2.24) is 14.7 Å².